The summed E-state index contributed by atoms with van der Waals surface area (Å²) in [7, 11) is 2.94. The number of hydrogen-bond acceptors (Lipinski definition) is 5. The molecule has 2 amide bonds. The number of benzene rings is 3. The molecule has 0 radical (unpaired) electrons. The van der Waals surface area contributed by atoms with Crippen LogP contribution >= 0.6 is 0 Å². The third-order valence-corrected chi connectivity index (χ3v) is 5.76. The minimum Gasteiger partial charge on any atom is -0.496 e. The number of hydrogen-bond donors (Lipinski definition) is 1. The molecule has 0 fully saturated rings. The fourth-order valence-electron chi connectivity index (χ4n) is 3.90. The van der Waals surface area contributed by atoms with Gasteiger partial charge in [0.2, 0.25) is 5.91 Å². The van der Waals surface area contributed by atoms with Crippen LogP contribution in [0.5, 0.6) is 11.5 Å². The van der Waals surface area contributed by atoms with E-state index in [2.05, 4.69) is 10.4 Å². The normalized spacial score (nSPS) is 10.6. The van der Waals surface area contributed by atoms with Gasteiger partial charge in [-0.15, -0.1) is 0 Å². The molecule has 0 atom stereocenters. The van der Waals surface area contributed by atoms with Crippen molar-refractivity contribution in [1.29, 1.82) is 0 Å². The average molecular weight is 503 g/mol. The van der Waals surface area contributed by atoms with Gasteiger partial charge in [-0.25, -0.2) is 9.07 Å². The molecule has 4 aromatic rings. The number of rotatable bonds is 9. The lowest BCUT2D eigenvalue weighted by Crippen LogP contribution is -2.38. The SMILES string of the molecule is CCN(CC(=O)Nc1cc(-c2ccccc2)nn1-c1ccc(F)cc1)C(=O)c1c(OC)cccc1OC. The lowest BCUT2D eigenvalue weighted by molar-refractivity contribution is -0.116. The average Bonchev–Trinajstić information content (AvgIpc) is 3.35. The predicted molar refractivity (Wildman–Crippen MR) is 139 cm³/mol. The molecule has 4 rings (SSSR count). The van der Waals surface area contributed by atoms with Crippen molar-refractivity contribution in [3.8, 4) is 28.4 Å². The number of amides is 2. The fraction of sp³-hybridized carbons (Fsp3) is 0.179. The zero-order valence-corrected chi connectivity index (χ0v) is 20.8. The maximum Gasteiger partial charge on any atom is 0.261 e. The van der Waals surface area contributed by atoms with Crippen molar-refractivity contribution in [2.24, 2.45) is 0 Å². The van der Waals surface area contributed by atoms with E-state index in [-0.39, 0.29) is 24.5 Å². The summed E-state index contributed by atoms with van der Waals surface area (Å²) in [5.41, 5.74) is 2.29. The molecule has 37 heavy (non-hydrogen) atoms. The summed E-state index contributed by atoms with van der Waals surface area (Å²) in [6, 6.07) is 22.1. The summed E-state index contributed by atoms with van der Waals surface area (Å²) in [6.45, 7) is 1.84. The Morgan fingerprint density at radius 3 is 2.19 bits per heavy atom. The van der Waals surface area contributed by atoms with Crippen molar-refractivity contribution < 1.29 is 23.5 Å². The molecule has 0 saturated heterocycles. The minimum atomic E-state index is -0.424. The Morgan fingerprint density at radius 2 is 1.59 bits per heavy atom. The van der Waals surface area contributed by atoms with Crippen LogP contribution in [-0.4, -0.2) is 53.8 Å². The van der Waals surface area contributed by atoms with E-state index in [1.165, 1.54) is 35.9 Å². The maximum atomic E-state index is 13.5. The Kier molecular flexibility index (Phi) is 7.83. The molecule has 9 heteroatoms. The lowest BCUT2D eigenvalue weighted by atomic mass is 10.1. The molecule has 0 unspecified atom stereocenters. The molecular weight excluding hydrogens is 475 g/mol. The molecule has 0 aliphatic rings. The van der Waals surface area contributed by atoms with Crippen LogP contribution in [0.2, 0.25) is 0 Å². The molecule has 0 aliphatic heterocycles. The molecule has 0 spiro atoms. The van der Waals surface area contributed by atoms with E-state index < -0.39 is 11.8 Å². The number of likely N-dealkylation sites (N-methyl/N-ethyl adjacent to an activating group) is 1. The van der Waals surface area contributed by atoms with Crippen molar-refractivity contribution in [3.63, 3.8) is 0 Å². The summed E-state index contributed by atoms with van der Waals surface area (Å²) in [4.78, 5) is 27.9. The fourth-order valence-corrected chi connectivity index (χ4v) is 3.90. The highest BCUT2D eigenvalue weighted by Crippen LogP contribution is 2.30. The summed E-state index contributed by atoms with van der Waals surface area (Å²) in [5.74, 6) is -0.117. The van der Waals surface area contributed by atoms with E-state index in [0.29, 0.717) is 28.7 Å². The van der Waals surface area contributed by atoms with Gasteiger partial charge in [0.1, 0.15) is 35.2 Å². The number of halogens is 1. The first-order chi connectivity index (χ1) is 17.9. The monoisotopic (exact) mass is 502 g/mol. The second kappa shape index (κ2) is 11.4. The number of nitrogens with one attached hydrogen (secondary N) is 1. The number of carbonyl (C=O) groups is 2. The quantitative estimate of drug-likeness (QED) is 0.356. The van der Waals surface area contributed by atoms with Crippen LogP contribution in [0.4, 0.5) is 10.2 Å². The highest BCUT2D eigenvalue weighted by Gasteiger charge is 2.25. The van der Waals surface area contributed by atoms with Gasteiger partial charge in [0.15, 0.2) is 0 Å². The number of anilines is 1. The Labute approximate surface area is 214 Å². The van der Waals surface area contributed by atoms with Gasteiger partial charge in [0, 0.05) is 18.2 Å². The number of nitrogens with zero attached hydrogens (tertiary/aromatic N) is 3. The Bertz CT molecular complexity index is 1370. The second-order valence-corrected chi connectivity index (χ2v) is 8.07. The summed E-state index contributed by atoms with van der Waals surface area (Å²) < 4.78 is 25.8. The van der Waals surface area contributed by atoms with Crippen LogP contribution in [0.15, 0.2) is 78.9 Å². The van der Waals surface area contributed by atoms with Crippen molar-refractivity contribution >= 4 is 17.6 Å². The van der Waals surface area contributed by atoms with Crippen molar-refractivity contribution in [2.45, 2.75) is 6.92 Å². The Morgan fingerprint density at radius 1 is 0.946 bits per heavy atom. The molecule has 8 nitrogen and oxygen atoms in total. The highest BCUT2D eigenvalue weighted by atomic mass is 19.1. The summed E-state index contributed by atoms with van der Waals surface area (Å²) in [5, 5.41) is 7.48. The van der Waals surface area contributed by atoms with Crippen LogP contribution < -0.4 is 14.8 Å². The van der Waals surface area contributed by atoms with Gasteiger partial charge >= 0.3 is 0 Å². The summed E-state index contributed by atoms with van der Waals surface area (Å²) >= 11 is 0. The zero-order chi connectivity index (χ0) is 26.4. The molecule has 190 valence electrons. The van der Waals surface area contributed by atoms with Gasteiger partial charge in [-0.3, -0.25) is 9.59 Å². The van der Waals surface area contributed by atoms with E-state index in [1.54, 1.807) is 43.3 Å². The minimum absolute atomic E-state index is 0.216. The van der Waals surface area contributed by atoms with Gasteiger partial charge < -0.3 is 19.7 Å². The summed E-state index contributed by atoms with van der Waals surface area (Å²) in [6.07, 6.45) is 0. The van der Waals surface area contributed by atoms with Gasteiger partial charge in [-0.1, -0.05) is 36.4 Å². The highest BCUT2D eigenvalue weighted by molar-refractivity contribution is 6.02. The van der Waals surface area contributed by atoms with E-state index in [1.807, 2.05) is 30.3 Å². The maximum absolute atomic E-state index is 13.5. The predicted octanol–water partition coefficient (Wildman–Crippen LogP) is 4.80. The van der Waals surface area contributed by atoms with Crippen LogP contribution in [0.25, 0.3) is 16.9 Å². The number of aromatic nitrogens is 2. The molecule has 1 N–H and O–H groups in total. The van der Waals surface area contributed by atoms with E-state index in [0.717, 1.165) is 5.56 Å². The molecule has 0 bridgehead atoms. The van der Waals surface area contributed by atoms with Gasteiger partial charge in [0.25, 0.3) is 5.91 Å². The third-order valence-electron chi connectivity index (χ3n) is 5.76. The van der Waals surface area contributed by atoms with Crippen molar-refractivity contribution in [3.05, 3.63) is 90.2 Å². The molecular formula is C28H27FN4O4. The van der Waals surface area contributed by atoms with Crippen molar-refractivity contribution in [1.82, 2.24) is 14.7 Å². The van der Waals surface area contributed by atoms with Gasteiger partial charge in [0.05, 0.1) is 25.6 Å². The topological polar surface area (TPSA) is 85.7 Å². The van der Waals surface area contributed by atoms with E-state index in [4.69, 9.17) is 9.47 Å². The second-order valence-electron chi connectivity index (χ2n) is 8.07. The number of ether oxygens (including phenoxy) is 2. The third kappa shape index (κ3) is 5.61. The first-order valence-electron chi connectivity index (χ1n) is 11.7. The molecule has 1 heterocycles. The Balaban J connectivity index is 1.61. The molecule has 0 saturated carbocycles. The number of carbonyl (C=O) groups excluding carboxylic acids is 2. The van der Waals surface area contributed by atoms with Gasteiger partial charge in [-0.2, -0.15) is 5.10 Å². The standard InChI is InChI=1S/C28H27FN4O4/c1-4-32(28(35)27-23(36-2)11-8-12-24(27)37-3)18-26(34)30-25-17-22(19-9-6-5-7-10-19)31-33(25)21-15-13-20(29)14-16-21/h5-17H,4,18H2,1-3H3,(H,30,34). The molecule has 0 aliphatic carbocycles. The first-order valence-corrected chi connectivity index (χ1v) is 11.7. The number of methoxy groups -OCH3 is 2. The zero-order valence-electron chi connectivity index (χ0n) is 20.8. The van der Waals surface area contributed by atoms with Gasteiger partial charge in [-0.05, 0) is 43.3 Å². The smallest absolute Gasteiger partial charge is 0.261 e. The van der Waals surface area contributed by atoms with Crippen molar-refractivity contribution in [2.75, 3.05) is 32.6 Å². The van der Waals surface area contributed by atoms with Crippen LogP contribution in [-0.2, 0) is 4.79 Å². The largest absolute Gasteiger partial charge is 0.496 e. The van der Waals surface area contributed by atoms with Crippen LogP contribution in [0.1, 0.15) is 17.3 Å². The van der Waals surface area contributed by atoms with Crippen LogP contribution in [0, 0.1) is 5.82 Å². The van der Waals surface area contributed by atoms with E-state index in [9.17, 15) is 14.0 Å². The Hall–Kier alpha value is -4.66. The lowest BCUT2D eigenvalue weighted by Gasteiger charge is -2.22. The van der Waals surface area contributed by atoms with Crippen LogP contribution in [0.3, 0.4) is 0 Å². The first kappa shape index (κ1) is 25.4. The molecule has 3 aromatic carbocycles. The van der Waals surface area contributed by atoms with E-state index >= 15 is 0 Å². The molecule has 1 aromatic heterocycles.